The predicted molar refractivity (Wildman–Crippen MR) is 185 cm³/mol. The van der Waals surface area contributed by atoms with E-state index in [0.29, 0.717) is 0 Å². The highest BCUT2D eigenvalue weighted by atomic mass is 14.9. The molecule has 1 heteroatoms. The van der Waals surface area contributed by atoms with Crippen molar-refractivity contribution in [2.24, 2.45) is 0 Å². The Morgan fingerprint density at radius 3 is 1.47 bits per heavy atom. The second-order valence-electron chi connectivity index (χ2n) is 11.1. The van der Waals surface area contributed by atoms with Gasteiger partial charge in [0.15, 0.2) is 0 Å². The first-order chi connectivity index (χ1) is 21.3. The van der Waals surface area contributed by atoms with E-state index in [0.717, 1.165) is 11.4 Å². The molecule has 0 unspecified atom stereocenters. The lowest BCUT2D eigenvalue weighted by Crippen LogP contribution is -1.94. The molecule has 202 valence electrons. The molecular weight excluding hydrogens is 518 g/mol. The van der Waals surface area contributed by atoms with Crippen LogP contribution in [0.5, 0.6) is 0 Å². The second-order valence-corrected chi connectivity index (χ2v) is 11.1. The fourth-order valence-corrected chi connectivity index (χ4v) is 6.28. The maximum atomic E-state index is 3.73. The molecule has 0 spiro atoms. The molecular formula is C42H29N. The summed E-state index contributed by atoms with van der Waals surface area (Å²) >= 11 is 0. The number of hydrogen-bond donors (Lipinski definition) is 1. The lowest BCUT2D eigenvalue weighted by Gasteiger charge is -2.15. The van der Waals surface area contributed by atoms with Gasteiger partial charge >= 0.3 is 0 Å². The smallest absolute Gasteiger partial charge is 0.0463 e. The highest BCUT2D eigenvalue weighted by Gasteiger charge is 2.12. The van der Waals surface area contributed by atoms with Gasteiger partial charge in [-0.25, -0.2) is 0 Å². The quantitative estimate of drug-likeness (QED) is 0.226. The van der Waals surface area contributed by atoms with Crippen LogP contribution in [0.15, 0.2) is 170 Å². The Morgan fingerprint density at radius 1 is 0.302 bits per heavy atom. The number of fused-ring (bicyclic) bond motifs is 3. The van der Waals surface area contributed by atoms with Crippen LogP contribution in [0.4, 0.5) is 11.4 Å². The largest absolute Gasteiger partial charge is 0.355 e. The summed E-state index contributed by atoms with van der Waals surface area (Å²) in [7, 11) is 0. The molecule has 0 atom stereocenters. The molecule has 1 nitrogen and oxygen atoms in total. The van der Waals surface area contributed by atoms with E-state index in [4.69, 9.17) is 0 Å². The van der Waals surface area contributed by atoms with Gasteiger partial charge in [-0.15, -0.1) is 0 Å². The van der Waals surface area contributed by atoms with E-state index in [1.807, 2.05) is 0 Å². The topological polar surface area (TPSA) is 12.0 Å². The van der Waals surface area contributed by atoms with Gasteiger partial charge in [-0.05, 0) is 90.5 Å². The van der Waals surface area contributed by atoms with Crippen LogP contribution < -0.4 is 5.32 Å². The molecule has 0 aliphatic rings. The van der Waals surface area contributed by atoms with Gasteiger partial charge < -0.3 is 5.32 Å². The van der Waals surface area contributed by atoms with Crippen LogP contribution in [0, 0.1) is 0 Å². The average molecular weight is 548 g/mol. The summed E-state index contributed by atoms with van der Waals surface area (Å²) in [4.78, 5) is 0. The van der Waals surface area contributed by atoms with Crippen molar-refractivity contribution < 1.29 is 0 Å². The van der Waals surface area contributed by atoms with Crippen LogP contribution in [0.2, 0.25) is 0 Å². The van der Waals surface area contributed by atoms with Crippen molar-refractivity contribution >= 4 is 43.7 Å². The molecule has 1 N–H and O–H groups in total. The fraction of sp³-hybridized carbons (Fsp3) is 0. The minimum atomic E-state index is 1.06. The van der Waals surface area contributed by atoms with E-state index in [1.165, 1.54) is 65.7 Å². The summed E-state index contributed by atoms with van der Waals surface area (Å²) in [5.74, 6) is 0. The van der Waals surface area contributed by atoms with Crippen LogP contribution in [0.1, 0.15) is 0 Å². The zero-order valence-corrected chi connectivity index (χ0v) is 23.7. The summed E-state index contributed by atoms with van der Waals surface area (Å²) in [5, 5.41) is 11.3. The maximum absolute atomic E-state index is 3.73. The molecule has 0 amide bonds. The summed E-state index contributed by atoms with van der Waals surface area (Å²) in [6.45, 7) is 0. The van der Waals surface area contributed by atoms with Crippen LogP contribution in [0.3, 0.4) is 0 Å². The van der Waals surface area contributed by atoms with Gasteiger partial charge in [0.1, 0.15) is 0 Å². The van der Waals surface area contributed by atoms with Crippen molar-refractivity contribution in [3.05, 3.63) is 170 Å². The van der Waals surface area contributed by atoms with E-state index < -0.39 is 0 Å². The molecule has 0 bridgehead atoms. The summed E-state index contributed by atoms with van der Waals surface area (Å²) in [5.41, 5.74) is 9.45. The Kier molecular flexibility index (Phi) is 6.20. The Balaban J connectivity index is 1.17. The van der Waals surface area contributed by atoms with Gasteiger partial charge in [-0.1, -0.05) is 140 Å². The van der Waals surface area contributed by atoms with E-state index in [1.54, 1.807) is 0 Å². The normalized spacial score (nSPS) is 11.3. The van der Waals surface area contributed by atoms with Crippen molar-refractivity contribution in [2.75, 3.05) is 5.32 Å². The SMILES string of the molecule is c1cc(Nc2ccccc2-c2ccc3ccccc3c2)cc(-c2ccc(-c3ccc4ccccc4c3)c3ccccc23)c1. The van der Waals surface area contributed by atoms with E-state index in [-0.39, 0.29) is 0 Å². The van der Waals surface area contributed by atoms with Crippen molar-refractivity contribution in [1.82, 2.24) is 0 Å². The lowest BCUT2D eigenvalue weighted by molar-refractivity contribution is 1.53. The van der Waals surface area contributed by atoms with Gasteiger partial charge in [-0.2, -0.15) is 0 Å². The Morgan fingerprint density at radius 2 is 0.814 bits per heavy atom. The molecule has 8 aromatic carbocycles. The first kappa shape index (κ1) is 25.1. The minimum absolute atomic E-state index is 1.06. The van der Waals surface area contributed by atoms with Crippen molar-refractivity contribution in [3.63, 3.8) is 0 Å². The van der Waals surface area contributed by atoms with Crippen molar-refractivity contribution in [2.45, 2.75) is 0 Å². The number of anilines is 2. The highest BCUT2D eigenvalue weighted by Crippen LogP contribution is 2.38. The van der Waals surface area contributed by atoms with E-state index in [9.17, 15) is 0 Å². The van der Waals surface area contributed by atoms with E-state index in [2.05, 4.69) is 175 Å². The predicted octanol–water partition coefficient (Wildman–Crippen LogP) is 11.9. The second kappa shape index (κ2) is 10.6. The van der Waals surface area contributed by atoms with Gasteiger partial charge in [0.2, 0.25) is 0 Å². The number of hydrogen-bond acceptors (Lipinski definition) is 1. The Labute approximate surface area is 251 Å². The molecule has 43 heavy (non-hydrogen) atoms. The molecule has 0 saturated heterocycles. The third kappa shape index (κ3) is 4.71. The third-order valence-corrected chi connectivity index (χ3v) is 8.42. The van der Waals surface area contributed by atoms with Gasteiger partial charge in [0.05, 0.1) is 0 Å². The fourth-order valence-electron chi connectivity index (χ4n) is 6.28. The maximum Gasteiger partial charge on any atom is 0.0463 e. The Hall–Kier alpha value is -5.66. The summed E-state index contributed by atoms with van der Waals surface area (Å²) in [6.07, 6.45) is 0. The molecule has 0 radical (unpaired) electrons. The minimum Gasteiger partial charge on any atom is -0.355 e. The summed E-state index contributed by atoms with van der Waals surface area (Å²) in [6, 6.07) is 61.1. The van der Waals surface area contributed by atoms with Crippen molar-refractivity contribution in [3.8, 4) is 33.4 Å². The molecule has 0 aromatic heterocycles. The molecule has 0 heterocycles. The summed E-state index contributed by atoms with van der Waals surface area (Å²) < 4.78 is 0. The monoisotopic (exact) mass is 547 g/mol. The van der Waals surface area contributed by atoms with Gasteiger partial charge in [0, 0.05) is 16.9 Å². The van der Waals surface area contributed by atoms with E-state index >= 15 is 0 Å². The molecule has 8 rings (SSSR count). The number of para-hydroxylation sites is 1. The van der Waals surface area contributed by atoms with Crippen molar-refractivity contribution in [1.29, 1.82) is 0 Å². The van der Waals surface area contributed by atoms with Crippen LogP contribution in [-0.4, -0.2) is 0 Å². The highest BCUT2D eigenvalue weighted by molar-refractivity contribution is 6.06. The first-order valence-corrected chi connectivity index (χ1v) is 14.8. The molecule has 0 aliphatic heterocycles. The molecule has 0 aliphatic carbocycles. The number of rotatable bonds is 5. The number of nitrogens with one attached hydrogen (secondary N) is 1. The molecule has 8 aromatic rings. The third-order valence-electron chi connectivity index (χ3n) is 8.42. The lowest BCUT2D eigenvalue weighted by atomic mass is 9.91. The van der Waals surface area contributed by atoms with Crippen LogP contribution in [-0.2, 0) is 0 Å². The van der Waals surface area contributed by atoms with Gasteiger partial charge in [0.25, 0.3) is 0 Å². The average Bonchev–Trinajstić information content (AvgIpc) is 3.08. The number of benzene rings is 8. The molecule has 0 saturated carbocycles. The zero-order chi connectivity index (χ0) is 28.6. The van der Waals surface area contributed by atoms with Gasteiger partial charge in [-0.3, -0.25) is 0 Å². The zero-order valence-electron chi connectivity index (χ0n) is 23.7. The molecule has 0 fully saturated rings. The van der Waals surface area contributed by atoms with Crippen LogP contribution in [0.25, 0.3) is 65.7 Å². The standard InChI is InChI=1S/C42H29N/c1-3-12-31-26-34(22-20-29(31)10-1)38-25-24-37(40-17-5-6-18-41(38)40)33-14-9-15-36(28-33)43-42-19-8-7-16-39(42)35-23-21-30-11-2-4-13-32(30)27-35/h1-28,43H. The Bertz CT molecular complexity index is 2280. The first-order valence-electron chi connectivity index (χ1n) is 14.8. The van der Waals surface area contributed by atoms with Crippen LogP contribution >= 0.6 is 0 Å².